The molecule has 0 unspecified atom stereocenters. The first-order valence-corrected chi connectivity index (χ1v) is 11.8. The second-order valence-electron chi connectivity index (χ2n) is 8.55. The van der Waals surface area contributed by atoms with Gasteiger partial charge in [-0.3, -0.25) is 9.59 Å². The van der Waals surface area contributed by atoms with Crippen LogP contribution in [0.5, 0.6) is 5.75 Å². The average Bonchev–Trinajstić information content (AvgIpc) is 2.78. The topological polar surface area (TPSA) is 58.6 Å². The summed E-state index contributed by atoms with van der Waals surface area (Å²) in [5.74, 6) is 0.500. The zero-order chi connectivity index (χ0) is 22.4. The number of nitrogens with one attached hydrogen (secondary N) is 1. The summed E-state index contributed by atoms with van der Waals surface area (Å²) in [5.41, 5.74) is 1.44. The maximum atomic E-state index is 13.2. The van der Waals surface area contributed by atoms with E-state index in [9.17, 15) is 9.59 Å². The summed E-state index contributed by atoms with van der Waals surface area (Å²) in [6.07, 6.45) is 5.61. The maximum Gasteiger partial charge on any atom is 0.259 e. The van der Waals surface area contributed by atoms with Gasteiger partial charge in [0.25, 0.3) is 11.8 Å². The summed E-state index contributed by atoms with van der Waals surface area (Å²) in [7, 11) is 1.86. The zero-order valence-corrected chi connectivity index (χ0v) is 20.1. The van der Waals surface area contributed by atoms with Crippen molar-refractivity contribution in [1.82, 2.24) is 4.90 Å². The van der Waals surface area contributed by atoms with Crippen molar-refractivity contribution in [2.75, 3.05) is 19.0 Å². The summed E-state index contributed by atoms with van der Waals surface area (Å²) in [4.78, 5) is 28.2. The average molecular weight is 487 g/mol. The molecule has 1 aliphatic rings. The number of ether oxygens (including phenoxy) is 1. The largest absolute Gasteiger partial charge is 0.492 e. The normalized spacial score (nSPS) is 14.4. The van der Waals surface area contributed by atoms with E-state index < -0.39 is 0 Å². The van der Waals surface area contributed by atoms with Gasteiger partial charge in [-0.25, -0.2) is 0 Å². The van der Waals surface area contributed by atoms with Crippen LogP contribution in [0.3, 0.4) is 0 Å². The molecule has 6 heteroatoms. The monoisotopic (exact) mass is 486 g/mol. The van der Waals surface area contributed by atoms with Crippen LogP contribution >= 0.6 is 15.9 Å². The Morgan fingerprint density at radius 3 is 2.52 bits per heavy atom. The van der Waals surface area contributed by atoms with Crippen LogP contribution in [0.15, 0.2) is 46.9 Å². The van der Waals surface area contributed by atoms with E-state index in [-0.39, 0.29) is 17.9 Å². The van der Waals surface area contributed by atoms with E-state index in [0.29, 0.717) is 35.1 Å². The molecule has 5 nitrogen and oxygen atoms in total. The fourth-order valence-electron chi connectivity index (χ4n) is 3.85. The molecule has 1 fully saturated rings. The minimum Gasteiger partial charge on any atom is -0.492 e. The van der Waals surface area contributed by atoms with Crippen LogP contribution in [0.25, 0.3) is 0 Å². The quantitative estimate of drug-likeness (QED) is 0.510. The second-order valence-corrected chi connectivity index (χ2v) is 9.47. The standard InChI is InChI=1S/C25H31BrN2O3/c1-17(2)16-31-23-14-13-18(26)15-21(23)24(29)27-22-12-8-7-11-20(22)25(30)28(3)19-9-5-4-6-10-19/h7-8,11-15,17,19H,4-6,9-10,16H2,1-3H3,(H,27,29). The molecule has 1 N–H and O–H groups in total. The fourth-order valence-corrected chi connectivity index (χ4v) is 4.22. The highest BCUT2D eigenvalue weighted by Crippen LogP contribution is 2.27. The highest BCUT2D eigenvalue weighted by Gasteiger charge is 2.25. The van der Waals surface area contributed by atoms with Crippen molar-refractivity contribution >= 4 is 33.4 Å². The van der Waals surface area contributed by atoms with E-state index >= 15 is 0 Å². The molecule has 2 amide bonds. The number of anilines is 1. The van der Waals surface area contributed by atoms with Crippen molar-refractivity contribution in [3.05, 3.63) is 58.1 Å². The number of nitrogens with zero attached hydrogens (tertiary/aromatic N) is 1. The zero-order valence-electron chi connectivity index (χ0n) is 18.5. The summed E-state index contributed by atoms with van der Waals surface area (Å²) in [6, 6.07) is 12.8. The molecule has 31 heavy (non-hydrogen) atoms. The Kier molecular flexibility index (Phi) is 8.13. The van der Waals surface area contributed by atoms with Crippen molar-refractivity contribution in [3.8, 4) is 5.75 Å². The van der Waals surface area contributed by atoms with Crippen LogP contribution in [0.1, 0.15) is 66.7 Å². The number of rotatable bonds is 7. The summed E-state index contributed by atoms with van der Waals surface area (Å²) >= 11 is 3.43. The van der Waals surface area contributed by atoms with Gasteiger partial charge >= 0.3 is 0 Å². The number of carbonyl (C=O) groups is 2. The Morgan fingerprint density at radius 2 is 1.81 bits per heavy atom. The summed E-state index contributed by atoms with van der Waals surface area (Å²) in [5, 5.41) is 2.93. The summed E-state index contributed by atoms with van der Waals surface area (Å²) in [6.45, 7) is 4.63. The first-order chi connectivity index (χ1) is 14.9. The highest BCUT2D eigenvalue weighted by atomic mass is 79.9. The van der Waals surface area contributed by atoms with Gasteiger partial charge in [-0.15, -0.1) is 0 Å². The molecular weight excluding hydrogens is 456 g/mol. The number of amides is 2. The van der Waals surface area contributed by atoms with Gasteiger partial charge in [-0.05, 0) is 49.1 Å². The third-order valence-electron chi connectivity index (χ3n) is 5.61. The van der Waals surface area contributed by atoms with Gasteiger partial charge in [-0.2, -0.15) is 0 Å². The van der Waals surface area contributed by atoms with Crippen LogP contribution in [-0.4, -0.2) is 36.4 Å². The molecule has 1 aliphatic carbocycles. The predicted octanol–water partition coefficient (Wildman–Crippen LogP) is 6.14. The lowest BCUT2D eigenvalue weighted by molar-refractivity contribution is 0.0697. The van der Waals surface area contributed by atoms with E-state index in [1.807, 2.05) is 30.1 Å². The minimum absolute atomic E-state index is 0.0617. The fraction of sp³-hybridized carbons (Fsp3) is 0.440. The molecule has 0 heterocycles. The molecule has 1 saturated carbocycles. The van der Waals surface area contributed by atoms with E-state index in [2.05, 4.69) is 35.1 Å². The third kappa shape index (κ3) is 6.10. The Hall–Kier alpha value is -2.34. The van der Waals surface area contributed by atoms with Crippen molar-refractivity contribution in [3.63, 3.8) is 0 Å². The van der Waals surface area contributed by atoms with E-state index in [1.54, 1.807) is 24.3 Å². The first kappa shape index (κ1) is 23.3. The summed E-state index contributed by atoms with van der Waals surface area (Å²) < 4.78 is 6.64. The SMILES string of the molecule is CC(C)COc1ccc(Br)cc1C(=O)Nc1ccccc1C(=O)N(C)C1CCCCC1. The highest BCUT2D eigenvalue weighted by molar-refractivity contribution is 9.10. The molecule has 0 spiro atoms. The second kappa shape index (κ2) is 10.8. The maximum absolute atomic E-state index is 13.2. The van der Waals surface area contributed by atoms with Crippen LogP contribution in [0, 0.1) is 5.92 Å². The van der Waals surface area contributed by atoms with Crippen molar-refractivity contribution in [1.29, 1.82) is 0 Å². The van der Waals surface area contributed by atoms with Gasteiger partial charge in [0.15, 0.2) is 0 Å². The number of halogens is 1. The molecule has 0 aliphatic heterocycles. The van der Waals surface area contributed by atoms with Crippen molar-refractivity contribution in [2.24, 2.45) is 5.92 Å². The first-order valence-electron chi connectivity index (χ1n) is 11.0. The number of hydrogen-bond acceptors (Lipinski definition) is 3. The van der Waals surface area contributed by atoms with Crippen LogP contribution < -0.4 is 10.1 Å². The lowest BCUT2D eigenvalue weighted by Gasteiger charge is -2.31. The molecule has 0 radical (unpaired) electrons. The van der Waals surface area contributed by atoms with Crippen molar-refractivity contribution in [2.45, 2.75) is 52.0 Å². The molecule has 2 aromatic rings. The molecule has 0 bridgehead atoms. The predicted molar refractivity (Wildman–Crippen MR) is 128 cm³/mol. The minimum atomic E-state index is -0.305. The van der Waals surface area contributed by atoms with Crippen LogP contribution in [0.4, 0.5) is 5.69 Å². The molecule has 0 atom stereocenters. The Labute approximate surface area is 193 Å². The van der Waals surface area contributed by atoms with Crippen LogP contribution in [-0.2, 0) is 0 Å². The van der Waals surface area contributed by atoms with Gasteiger partial charge in [0.1, 0.15) is 5.75 Å². The van der Waals surface area contributed by atoms with E-state index in [4.69, 9.17) is 4.74 Å². The lowest BCUT2D eigenvalue weighted by Crippen LogP contribution is -2.38. The van der Waals surface area contributed by atoms with Crippen LogP contribution in [0.2, 0.25) is 0 Å². The molecule has 0 saturated heterocycles. The van der Waals surface area contributed by atoms with E-state index in [0.717, 1.165) is 30.2 Å². The molecule has 2 aromatic carbocycles. The Bertz CT molecular complexity index is 923. The molecule has 3 rings (SSSR count). The number of hydrogen-bond donors (Lipinski definition) is 1. The molecule has 0 aromatic heterocycles. The van der Waals surface area contributed by atoms with Gasteiger partial charge in [0, 0.05) is 17.6 Å². The third-order valence-corrected chi connectivity index (χ3v) is 6.10. The van der Waals surface area contributed by atoms with Crippen molar-refractivity contribution < 1.29 is 14.3 Å². The number of para-hydroxylation sites is 1. The number of benzene rings is 2. The van der Waals surface area contributed by atoms with Gasteiger partial charge in [-0.1, -0.05) is 61.2 Å². The lowest BCUT2D eigenvalue weighted by atomic mass is 9.94. The Morgan fingerprint density at radius 1 is 1.10 bits per heavy atom. The molecular formula is C25H31BrN2O3. The van der Waals surface area contributed by atoms with Gasteiger partial charge in [0.05, 0.1) is 23.4 Å². The smallest absolute Gasteiger partial charge is 0.259 e. The number of carbonyl (C=O) groups excluding carboxylic acids is 2. The Balaban J connectivity index is 1.81. The van der Waals surface area contributed by atoms with Gasteiger partial charge in [0.2, 0.25) is 0 Å². The molecule has 166 valence electrons. The van der Waals surface area contributed by atoms with Gasteiger partial charge < -0.3 is 15.0 Å². The van der Waals surface area contributed by atoms with E-state index in [1.165, 1.54) is 6.42 Å².